The molecule has 0 saturated carbocycles. The first-order valence-electron chi connectivity index (χ1n) is 8.64. The first-order valence-corrected chi connectivity index (χ1v) is 8.64. The SMILES string of the molecule is COc1ccc(NC(=O)Cn2cc(/C=N/n3cnnc3)c3ccccc32)cc1. The van der Waals surface area contributed by atoms with Crippen molar-refractivity contribution >= 4 is 28.7 Å². The predicted molar refractivity (Wildman–Crippen MR) is 107 cm³/mol. The van der Waals surface area contributed by atoms with E-state index in [9.17, 15) is 4.79 Å². The van der Waals surface area contributed by atoms with Gasteiger partial charge in [0.05, 0.1) is 13.3 Å². The molecule has 0 aliphatic rings. The predicted octanol–water partition coefficient (Wildman–Crippen LogP) is 2.76. The number of anilines is 1. The molecule has 4 aromatic rings. The lowest BCUT2D eigenvalue weighted by Crippen LogP contribution is -2.18. The molecule has 2 aromatic heterocycles. The molecule has 0 atom stereocenters. The molecule has 8 nitrogen and oxygen atoms in total. The number of aromatic nitrogens is 4. The van der Waals surface area contributed by atoms with Crippen LogP contribution in [-0.4, -0.2) is 38.7 Å². The highest BCUT2D eigenvalue weighted by Gasteiger charge is 2.10. The van der Waals surface area contributed by atoms with Crippen molar-refractivity contribution in [2.75, 3.05) is 12.4 Å². The molecular formula is C20H18N6O2. The minimum Gasteiger partial charge on any atom is -0.497 e. The van der Waals surface area contributed by atoms with Crippen LogP contribution in [0.5, 0.6) is 5.75 Å². The van der Waals surface area contributed by atoms with Crippen LogP contribution < -0.4 is 10.1 Å². The van der Waals surface area contributed by atoms with Gasteiger partial charge in [-0.1, -0.05) is 18.2 Å². The highest BCUT2D eigenvalue weighted by atomic mass is 16.5. The molecule has 0 saturated heterocycles. The van der Waals surface area contributed by atoms with Crippen LogP contribution >= 0.6 is 0 Å². The second-order valence-corrected chi connectivity index (χ2v) is 6.09. The van der Waals surface area contributed by atoms with Gasteiger partial charge in [-0.25, -0.2) is 4.68 Å². The summed E-state index contributed by atoms with van der Waals surface area (Å²) >= 11 is 0. The molecule has 1 amide bonds. The summed E-state index contributed by atoms with van der Waals surface area (Å²) in [7, 11) is 1.61. The number of nitrogens with one attached hydrogen (secondary N) is 1. The number of para-hydroxylation sites is 1. The lowest BCUT2D eigenvalue weighted by Gasteiger charge is -2.08. The Bertz CT molecular complexity index is 1110. The smallest absolute Gasteiger partial charge is 0.244 e. The topological polar surface area (TPSA) is 86.3 Å². The first kappa shape index (κ1) is 17.5. The monoisotopic (exact) mass is 374 g/mol. The Morgan fingerprint density at radius 3 is 2.64 bits per heavy atom. The number of benzene rings is 2. The Morgan fingerprint density at radius 2 is 1.89 bits per heavy atom. The van der Waals surface area contributed by atoms with Gasteiger partial charge >= 0.3 is 0 Å². The Hall–Kier alpha value is -3.94. The molecule has 0 spiro atoms. The molecule has 2 heterocycles. The zero-order valence-corrected chi connectivity index (χ0v) is 15.2. The van der Waals surface area contributed by atoms with Gasteiger partial charge in [0.15, 0.2) is 0 Å². The Morgan fingerprint density at radius 1 is 1.14 bits per heavy atom. The van der Waals surface area contributed by atoms with E-state index in [-0.39, 0.29) is 12.5 Å². The van der Waals surface area contributed by atoms with E-state index in [1.165, 1.54) is 17.3 Å². The molecule has 4 rings (SSSR count). The number of carbonyl (C=O) groups is 1. The maximum atomic E-state index is 12.5. The number of amides is 1. The van der Waals surface area contributed by atoms with E-state index in [0.29, 0.717) is 0 Å². The molecular weight excluding hydrogens is 356 g/mol. The largest absolute Gasteiger partial charge is 0.497 e. The van der Waals surface area contributed by atoms with Crippen LogP contribution in [0.3, 0.4) is 0 Å². The fourth-order valence-corrected chi connectivity index (χ4v) is 2.92. The van der Waals surface area contributed by atoms with Crippen LogP contribution in [-0.2, 0) is 11.3 Å². The van der Waals surface area contributed by atoms with Crippen LogP contribution in [0.15, 0.2) is 72.5 Å². The second kappa shape index (κ2) is 7.75. The number of hydrogen-bond acceptors (Lipinski definition) is 5. The highest BCUT2D eigenvalue weighted by molar-refractivity contribution is 6.00. The molecule has 0 unspecified atom stereocenters. The van der Waals surface area contributed by atoms with Gasteiger partial charge in [-0.05, 0) is 30.3 Å². The van der Waals surface area contributed by atoms with Gasteiger partial charge in [-0.15, -0.1) is 10.2 Å². The summed E-state index contributed by atoms with van der Waals surface area (Å²) in [5.74, 6) is 0.625. The molecule has 8 heteroatoms. The normalized spacial score (nSPS) is 11.2. The average molecular weight is 374 g/mol. The average Bonchev–Trinajstić information content (AvgIpc) is 3.35. The second-order valence-electron chi connectivity index (χ2n) is 6.09. The summed E-state index contributed by atoms with van der Waals surface area (Å²) in [6, 6.07) is 15.1. The highest BCUT2D eigenvalue weighted by Crippen LogP contribution is 2.21. The Labute approximate surface area is 161 Å². The molecule has 0 aliphatic heterocycles. The van der Waals surface area contributed by atoms with Crippen LogP contribution in [0.2, 0.25) is 0 Å². The molecule has 0 bridgehead atoms. The van der Waals surface area contributed by atoms with E-state index < -0.39 is 0 Å². The van der Waals surface area contributed by atoms with E-state index in [2.05, 4.69) is 20.6 Å². The maximum Gasteiger partial charge on any atom is 0.244 e. The lowest BCUT2D eigenvalue weighted by molar-refractivity contribution is -0.116. The summed E-state index contributed by atoms with van der Waals surface area (Å²) in [4.78, 5) is 12.5. The summed E-state index contributed by atoms with van der Waals surface area (Å²) in [6.07, 6.45) is 6.66. The van der Waals surface area contributed by atoms with Crippen LogP contribution in [0.25, 0.3) is 10.9 Å². The summed E-state index contributed by atoms with van der Waals surface area (Å²) < 4.78 is 8.55. The van der Waals surface area contributed by atoms with E-state index in [4.69, 9.17) is 4.74 Å². The van der Waals surface area contributed by atoms with Crippen LogP contribution in [0, 0.1) is 0 Å². The number of carbonyl (C=O) groups excluding carboxylic acids is 1. The van der Waals surface area contributed by atoms with Crippen molar-refractivity contribution in [1.82, 2.24) is 19.4 Å². The number of rotatable bonds is 6. The van der Waals surface area contributed by atoms with Gasteiger partial charge < -0.3 is 14.6 Å². The fourth-order valence-electron chi connectivity index (χ4n) is 2.92. The lowest BCUT2D eigenvalue weighted by atomic mass is 10.2. The number of nitrogens with zero attached hydrogens (tertiary/aromatic N) is 5. The van der Waals surface area contributed by atoms with E-state index in [1.807, 2.05) is 47.2 Å². The van der Waals surface area contributed by atoms with Crippen LogP contribution in [0.4, 0.5) is 5.69 Å². The molecule has 2 aromatic carbocycles. The third kappa shape index (κ3) is 3.75. The van der Waals surface area contributed by atoms with E-state index >= 15 is 0 Å². The quantitative estimate of drug-likeness (QED) is 0.526. The van der Waals surface area contributed by atoms with Crippen LogP contribution in [0.1, 0.15) is 5.56 Å². The number of ether oxygens (including phenoxy) is 1. The van der Waals surface area contributed by atoms with Gasteiger partial charge in [-0.2, -0.15) is 5.10 Å². The van der Waals surface area contributed by atoms with Gasteiger partial charge in [0.2, 0.25) is 5.91 Å². The fraction of sp³-hybridized carbons (Fsp3) is 0.100. The minimum atomic E-state index is -0.117. The summed E-state index contributed by atoms with van der Waals surface area (Å²) in [6.45, 7) is 0.188. The molecule has 140 valence electrons. The van der Waals surface area contributed by atoms with E-state index in [0.717, 1.165) is 27.9 Å². The van der Waals surface area contributed by atoms with Crippen molar-refractivity contribution in [3.8, 4) is 5.75 Å². The standard InChI is InChI=1S/C20H18N6O2/c1-28-17-8-6-16(7-9-17)24-20(27)12-25-11-15(10-23-26-13-21-22-14-26)18-4-2-3-5-19(18)25/h2-11,13-14H,12H2,1H3,(H,24,27)/b23-10+. The van der Waals surface area contributed by atoms with Crippen molar-refractivity contribution in [3.63, 3.8) is 0 Å². The zero-order chi connectivity index (χ0) is 19.3. The van der Waals surface area contributed by atoms with Gasteiger partial charge in [0.1, 0.15) is 24.9 Å². The van der Waals surface area contributed by atoms with Crippen molar-refractivity contribution in [3.05, 3.63) is 72.9 Å². The molecule has 1 N–H and O–H groups in total. The third-order valence-electron chi connectivity index (χ3n) is 4.24. The van der Waals surface area contributed by atoms with Crippen molar-refractivity contribution in [2.24, 2.45) is 5.10 Å². The first-order chi connectivity index (χ1) is 13.7. The number of hydrogen-bond donors (Lipinski definition) is 1. The molecule has 0 radical (unpaired) electrons. The van der Waals surface area contributed by atoms with Gasteiger partial charge in [-0.3, -0.25) is 4.79 Å². The Balaban J connectivity index is 1.55. The van der Waals surface area contributed by atoms with Gasteiger partial charge in [0.25, 0.3) is 0 Å². The van der Waals surface area contributed by atoms with E-state index in [1.54, 1.807) is 25.5 Å². The molecule has 28 heavy (non-hydrogen) atoms. The summed E-state index contributed by atoms with van der Waals surface area (Å²) in [5, 5.41) is 15.7. The minimum absolute atomic E-state index is 0.117. The van der Waals surface area contributed by atoms with Gasteiger partial charge in [0, 0.05) is 28.4 Å². The molecule has 0 fully saturated rings. The third-order valence-corrected chi connectivity index (χ3v) is 4.24. The Kier molecular flexibility index (Phi) is 4.83. The maximum absolute atomic E-state index is 12.5. The zero-order valence-electron chi connectivity index (χ0n) is 15.2. The van der Waals surface area contributed by atoms with Crippen molar-refractivity contribution in [1.29, 1.82) is 0 Å². The summed E-state index contributed by atoms with van der Waals surface area (Å²) in [5.41, 5.74) is 2.58. The van der Waals surface area contributed by atoms with Crippen molar-refractivity contribution in [2.45, 2.75) is 6.54 Å². The molecule has 0 aliphatic carbocycles. The number of fused-ring (bicyclic) bond motifs is 1. The number of methoxy groups -OCH3 is 1. The van der Waals surface area contributed by atoms with Crippen molar-refractivity contribution < 1.29 is 9.53 Å².